The van der Waals surface area contributed by atoms with Crippen LogP contribution in [0, 0.1) is 18.8 Å². The average Bonchev–Trinajstić information content (AvgIpc) is 3.32. The van der Waals surface area contributed by atoms with Gasteiger partial charge in [-0.3, -0.25) is 4.31 Å². The van der Waals surface area contributed by atoms with Crippen molar-refractivity contribution in [3.63, 3.8) is 0 Å². The Hall–Kier alpha value is -3.81. The lowest BCUT2D eigenvalue weighted by Gasteiger charge is -2.26. The molecular weight excluding hydrogens is 568 g/mol. The molecule has 3 aromatic heterocycles. The standard InChI is InChI=1S/C30H40N8O4S/c1-20-14-24(20)18-38(12-13-41-6)26-16-23(15-25(33-26)37(5)43(39,40)27-19-36(4)21(2)32-27)28-34-35-29(42-28)30(3,31)17-22-10-8-7-9-11-22/h7-11,15-16,19-20,24H,12-14,17-18,31H2,1-6H3/t20?,24?,30-/m1/s1. The van der Waals surface area contributed by atoms with E-state index in [1.165, 1.54) is 13.2 Å². The van der Waals surface area contributed by atoms with Gasteiger partial charge in [0.05, 0.1) is 12.1 Å². The number of rotatable bonds is 13. The molecule has 1 saturated carbocycles. The van der Waals surface area contributed by atoms with Crippen molar-refractivity contribution in [2.45, 2.75) is 44.2 Å². The number of hydrogen-bond donors (Lipinski definition) is 1. The van der Waals surface area contributed by atoms with Gasteiger partial charge in [0.1, 0.15) is 17.5 Å². The van der Waals surface area contributed by atoms with Gasteiger partial charge in [-0.25, -0.2) is 9.97 Å². The highest BCUT2D eigenvalue weighted by Gasteiger charge is 2.35. The van der Waals surface area contributed by atoms with Crippen LogP contribution in [0.5, 0.6) is 0 Å². The lowest BCUT2D eigenvalue weighted by atomic mass is 9.94. The SMILES string of the molecule is COCCN(CC1CC1C)c1cc(-c2nnc([C@](C)(N)Cc3ccccc3)o2)cc(N(C)S(=O)(=O)c2cn(C)c(C)n2)n1. The van der Waals surface area contributed by atoms with Crippen LogP contribution >= 0.6 is 0 Å². The van der Waals surface area contributed by atoms with E-state index in [4.69, 9.17) is 19.9 Å². The average molecular weight is 609 g/mol. The van der Waals surface area contributed by atoms with Gasteiger partial charge in [-0.1, -0.05) is 37.3 Å². The zero-order valence-corrected chi connectivity index (χ0v) is 26.4. The zero-order chi connectivity index (χ0) is 30.9. The van der Waals surface area contributed by atoms with Crippen LogP contribution in [-0.2, 0) is 33.8 Å². The van der Waals surface area contributed by atoms with E-state index < -0.39 is 15.6 Å². The number of aryl methyl sites for hydroxylation is 2. The summed E-state index contributed by atoms with van der Waals surface area (Å²) >= 11 is 0. The van der Waals surface area contributed by atoms with E-state index in [2.05, 4.69) is 27.0 Å². The lowest BCUT2D eigenvalue weighted by molar-refractivity contribution is 0.204. The van der Waals surface area contributed by atoms with Gasteiger partial charge < -0.3 is 24.4 Å². The molecule has 0 saturated heterocycles. The van der Waals surface area contributed by atoms with E-state index in [1.807, 2.05) is 43.3 Å². The van der Waals surface area contributed by atoms with Crippen molar-refractivity contribution >= 4 is 21.7 Å². The number of benzene rings is 1. The van der Waals surface area contributed by atoms with Gasteiger partial charge in [0.2, 0.25) is 11.8 Å². The number of aromatic nitrogens is 5. The summed E-state index contributed by atoms with van der Waals surface area (Å²) in [4.78, 5) is 11.2. The molecule has 0 radical (unpaired) electrons. The number of hydrogen-bond acceptors (Lipinski definition) is 10. The Morgan fingerprint density at radius 3 is 2.49 bits per heavy atom. The van der Waals surface area contributed by atoms with Crippen molar-refractivity contribution in [3.05, 3.63) is 65.9 Å². The highest BCUT2D eigenvalue weighted by atomic mass is 32.2. The van der Waals surface area contributed by atoms with Crippen LogP contribution in [0.2, 0.25) is 0 Å². The van der Waals surface area contributed by atoms with Gasteiger partial charge in [-0.15, -0.1) is 10.2 Å². The number of ether oxygens (including phenoxy) is 1. The summed E-state index contributed by atoms with van der Waals surface area (Å²) in [6.45, 7) is 7.65. The van der Waals surface area contributed by atoms with Crippen LogP contribution in [0.1, 0.15) is 37.5 Å². The van der Waals surface area contributed by atoms with Crippen molar-refractivity contribution in [1.29, 1.82) is 0 Å². The van der Waals surface area contributed by atoms with Gasteiger partial charge in [0, 0.05) is 46.1 Å². The second-order valence-corrected chi connectivity index (χ2v) is 13.6. The maximum absolute atomic E-state index is 13.6. The highest BCUT2D eigenvalue weighted by molar-refractivity contribution is 7.92. The fourth-order valence-electron chi connectivity index (χ4n) is 4.97. The number of methoxy groups -OCH3 is 1. The first-order valence-corrected chi connectivity index (χ1v) is 15.7. The van der Waals surface area contributed by atoms with E-state index in [-0.39, 0.29) is 22.6 Å². The summed E-state index contributed by atoms with van der Waals surface area (Å²) in [6, 6.07) is 13.3. The number of imidazole rings is 1. The summed E-state index contributed by atoms with van der Waals surface area (Å²) in [6.07, 6.45) is 3.12. The first kappa shape index (κ1) is 30.6. The third-order valence-corrected chi connectivity index (χ3v) is 9.66. The molecule has 43 heavy (non-hydrogen) atoms. The summed E-state index contributed by atoms with van der Waals surface area (Å²) in [5.41, 5.74) is 7.30. The van der Waals surface area contributed by atoms with E-state index in [0.29, 0.717) is 48.6 Å². The Balaban J connectivity index is 1.55. The number of sulfonamides is 1. The van der Waals surface area contributed by atoms with Crippen LogP contribution in [-0.4, -0.2) is 67.0 Å². The molecule has 12 nitrogen and oxygen atoms in total. The molecule has 13 heteroatoms. The van der Waals surface area contributed by atoms with Crippen LogP contribution in [0.4, 0.5) is 11.6 Å². The minimum absolute atomic E-state index is 0.0633. The van der Waals surface area contributed by atoms with Gasteiger partial charge in [-0.05, 0) is 56.2 Å². The molecule has 230 valence electrons. The molecule has 1 aromatic carbocycles. The van der Waals surface area contributed by atoms with Crippen molar-refractivity contribution in [1.82, 2.24) is 24.7 Å². The van der Waals surface area contributed by atoms with Gasteiger partial charge >= 0.3 is 0 Å². The molecule has 0 amide bonds. The van der Waals surface area contributed by atoms with E-state index >= 15 is 0 Å². The lowest BCUT2D eigenvalue weighted by Crippen LogP contribution is -2.35. The van der Waals surface area contributed by atoms with Crippen molar-refractivity contribution < 1.29 is 17.6 Å². The highest BCUT2D eigenvalue weighted by Crippen LogP contribution is 2.39. The normalized spacial score (nSPS) is 17.9. The fraction of sp³-hybridized carbons (Fsp3) is 0.467. The molecule has 4 aromatic rings. The molecule has 2 unspecified atom stereocenters. The summed E-state index contributed by atoms with van der Waals surface area (Å²) in [5, 5.41) is 8.56. The quantitative estimate of drug-likeness (QED) is 0.239. The van der Waals surface area contributed by atoms with Gasteiger partial charge in [-0.2, -0.15) is 8.42 Å². The van der Waals surface area contributed by atoms with E-state index in [9.17, 15) is 8.42 Å². The van der Waals surface area contributed by atoms with Gasteiger partial charge in [0.15, 0.2) is 5.03 Å². The third kappa shape index (κ3) is 6.73. The third-order valence-electron chi connectivity index (χ3n) is 8.03. The van der Waals surface area contributed by atoms with Crippen molar-refractivity contribution in [3.8, 4) is 11.5 Å². The Morgan fingerprint density at radius 1 is 1.16 bits per heavy atom. The summed E-state index contributed by atoms with van der Waals surface area (Å²) < 4.78 is 41.6. The van der Waals surface area contributed by atoms with Crippen LogP contribution in [0.25, 0.3) is 11.5 Å². The molecule has 1 aliphatic carbocycles. The molecule has 0 bridgehead atoms. The van der Waals surface area contributed by atoms with Crippen molar-refractivity contribution in [2.24, 2.45) is 24.6 Å². The Morgan fingerprint density at radius 2 is 1.86 bits per heavy atom. The second kappa shape index (κ2) is 12.1. The minimum Gasteiger partial charge on any atom is -0.419 e. The second-order valence-electron chi connectivity index (χ2n) is 11.7. The Bertz CT molecular complexity index is 1650. The molecule has 0 spiro atoms. The Kier molecular flexibility index (Phi) is 8.59. The summed E-state index contributed by atoms with van der Waals surface area (Å²) in [7, 11) is 0.856. The first-order chi connectivity index (χ1) is 20.4. The molecule has 1 aliphatic rings. The maximum Gasteiger partial charge on any atom is 0.284 e. The monoisotopic (exact) mass is 608 g/mol. The van der Waals surface area contributed by atoms with E-state index in [0.717, 1.165) is 22.8 Å². The van der Waals surface area contributed by atoms with Crippen LogP contribution in [0.15, 0.2) is 58.1 Å². The van der Waals surface area contributed by atoms with Gasteiger partial charge in [0.25, 0.3) is 10.0 Å². The van der Waals surface area contributed by atoms with Crippen LogP contribution < -0.4 is 14.9 Å². The smallest absolute Gasteiger partial charge is 0.284 e. The fourth-order valence-corrected chi connectivity index (χ4v) is 6.13. The summed E-state index contributed by atoms with van der Waals surface area (Å²) in [5.74, 6) is 3.00. The molecule has 0 aliphatic heterocycles. The number of pyridine rings is 1. The molecule has 2 N–H and O–H groups in total. The minimum atomic E-state index is -4.02. The van der Waals surface area contributed by atoms with Crippen LogP contribution in [0.3, 0.4) is 0 Å². The topological polar surface area (TPSA) is 146 Å². The predicted molar refractivity (Wildman–Crippen MR) is 164 cm³/mol. The van der Waals surface area contributed by atoms with E-state index in [1.54, 1.807) is 31.7 Å². The maximum atomic E-state index is 13.6. The predicted octanol–water partition coefficient (Wildman–Crippen LogP) is 3.52. The Labute approximate surface area is 253 Å². The number of nitrogens with two attached hydrogens (primary N) is 1. The molecule has 5 rings (SSSR count). The number of nitrogens with zero attached hydrogens (tertiary/aromatic N) is 7. The largest absolute Gasteiger partial charge is 0.419 e. The molecule has 1 fully saturated rings. The van der Waals surface area contributed by atoms with Crippen molar-refractivity contribution in [2.75, 3.05) is 43.1 Å². The molecular formula is C30H40N8O4S. The zero-order valence-electron chi connectivity index (χ0n) is 25.6. The number of anilines is 2. The first-order valence-electron chi connectivity index (χ1n) is 14.3. The molecule has 3 atom stereocenters. The molecule has 3 heterocycles.